The molecule has 0 saturated heterocycles. The van der Waals surface area contributed by atoms with Crippen molar-refractivity contribution in [2.75, 3.05) is 0 Å². The van der Waals surface area contributed by atoms with Crippen LogP contribution in [-0.2, 0) is 5.41 Å². The molecule has 2 heteroatoms. The summed E-state index contributed by atoms with van der Waals surface area (Å²) in [6, 6.07) is 12.7. The molecule has 1 nitrogen and oxygen atoms in total. The molecule has 0 aliphatic heterocycles. The van der Waals surface area contributed by atoms with Crippen LogP contribution in [0.5, 0.6) is 0 Å². The molecular formula is C17H20OS. The predicted molar refractivity (Wildman–Crippen MR) is 80.6 cm³/mol. The number of benzene rings is 1. The van der Waals surface area contributed by atoms with Crippen molar-refractivity contribution < 1.29 is 5.11 Å². The summed E-state index contributed by atoms with van der Waals surface area (Å²) in [5, 5.41) is 13.1. The maximum absolute atomic E-state index is 11.0. The van der Waals surface area contributed by atoms with E-state index in [-0.39, 0.29) is 11.5 Å². The van der Waals surface area contributed by atoms with E-state index in [0.717, 1.165) is 17.7 Å². The summed E-state index contributed by atoms with van der Waals surface area (Å²) in [5.74, 6) is 0. The summed E-state index contributed by atoms with van der Waals surface area (Å²) in [4.78, 5) is 1.14. The van der Waals surface area contributed by atoms with E-state index in [1.165, 1.54) is 24.0 Å². The summed E-state index contributed by atoms with van der Waals surface area (Å²) in [5.41, 5.74) is 2.45. The highest BCUT2D eigenvalue weighted by Gasteiger charge is 2.43. The lowest BCUT2D eigenvalue weighted by Gasteiger charge is -2.35. The molecule has 0 amide bonds. The van der Waals surface area contributed by atoms with E-state index in [2.05, 4.69) is 48.7 Å². The first-order valence-electron chi connectivity index (χ1n) is 7.02. The lowest BCUT2D eigenvalue weighted by Crippen LogP contribution is -2.30. The Labute approximate surface area is 118 Å². The molecule has 1 aliphatic carbocycles. The molecule has 100 valence electrons. The van der Waals surface area contributed by atoms with Crippen LogP contribution in [-0.4, -0.2) is 5.11 Å². The third kappa shape index (κ3) is 2.13. The normalized spacial score (nSPS) is 19.5. The molecule has 19 heavy (non-hydrogen) atoms. The summed E-state index contributed by atoms with van der Waals surface area (Å²) in [7, 11) is 0. The molecule has 1 unspecified atom stereocenters. The standard InChI is InChI=1S/C17H20OS/c1-13-9-12-19-15(13)16(18)17(10-5-6-11-17)14-7-3-2-4-8-14/h2-4,7-9,12,16,18H,5-6,10-11H2,1H3. The first-order chi connectivity index (χ1) is 9.24. The van der Waals surface area contributed by atoms with Gasteiger partial charge in [0.2, 0.25) is 0 Å². The molecule has 2 aromatic rings. The molecule has 0 spiro atoms. The molecule has 1 heterocycles. The molecule has 1 aromatic heterocycles. The van der Waals surface area contributed by atoms with Gasteiger partial charge < -0.3 is 5.11 Å². The Balaban J connectivity index is 2.04. The van der Waals surface area contributed by atoms with Crippen molar-refractivity contribution in [3.63, 3.8) is 0 Å². The largest absolute Gasteiger partial charge is 0.387 e. The number of thiophene rings is 1. The minimum Gasteiger partial charge on any atom is -0.387 e. The Hall–Kier alpha value is -1.12. The van der Waals surface area contributed by atoms with Gasteiger partial charge >= 0.3 is 0 Å². The maximum atomic E-state index is 11.0. The summed E-state index contributed by atoms with van der Waals surface area (Å²) < 4.78 is 0. The quantitative estimate of drug-likeness (QED) is 0.865. The second kappa shape index (κ2) is 5.10. The molecule has 3 rings (SSSR count). The monoisotopic (exact) mass is 272 g/mol. The van der Waals surface area contributed by atoms with Gasteiger partial charge in [-0.1, -0.05) is 43.2 Å². The number of rotatable bonds is 3. The second-order valence-corrected chi connectivity index (χ2v) is 6.55. The van der Waals surface area contributed by atoms with Crippen molar-refractivity contribution >= 4 is 11.3 Å². The van der Waals surface area contributed by atoms with E-state index in [0.29, 0.717) is 0 Å². The topological polar surface area (TPSA) is 20.2 Å². The zero-order valence-corrected chi connectivity index (χ0v) is 12.1. The number of aliphatic hydroxyl groups excluding tert-OH is 1. The fourth-order valence-corrected chi connectivity index (χ4v) is 4.44. The van der Waals surface area contributed by atoms with Crippen molar-refractivity contribution in [2.24, 2.45) is 0 Å². The Morgan fingerprint density at radius 2 is 1.79 bits per heavy atom. The van der Waals surface area contributed by atoms with Gasteiger partial charge in [-0.25, -0.2) is 0 Å². The molecule has 1 N–H and O–H groups in total. The van der Waals surface area contributed by atoms with Gasteiger partial charge in [0.05, 0.1) is 6.10 Å². The van der Waals surface area contributed by atoms with Gasteiger partial charge in [-0.2, -0.15) is 0 Å². The minimum absolute atomic E-state index is 0.0725. The van der Waals surface area contributed by atoms with Crippen LogP contribution in [0.4, 0.5) is 0 Å². The Morgan fingerprint density at radius 1 is 1.11 bits per heavy atom. The van der Waals surface area contributed by atoms with Crippen molar-refractivity contribution in [1.82, 2.24) is 0 Å². The third-order valence-corrected chi connectivity index (χ3v) is 5.59. The number of hydrogen-bond donors (Lipinski definition) is 1. The van der Waals surface area contributed by atoms with E-state index in [1.54, 1.807) is 11.3 Å². The molecule has 1 saturated carbocycles. The second-order valence-electron chi connectivity index (χ2n) is 5.60. The molecule has 1 aliphatic rings. The summed E-state index contributed by atoms with van der Waals surface area (Å²) in [6.45, 7) is 2.10. The van der Waals surface area contributed by atoms with E-state index < -0.39 is 0 Å². The maximum Gasteiger partial charge on any atom is 0.0980 e. The lowest BCUT2D eigenvalue weighted by molar-refractivity contribution is 0.0849. The van der Waals surface area contributed by atoms with E-state index in [1.807, 2.05) is 0 Å². The van der Waals surface area contributed by atoms with Crippen molar-refractivity contribution in [1.29, 1.82) is 0 Å². The summed E-state index contributed by atoms with van der Waals surface area (Å²) in [6.07, 6.45) is 4.26. The van der Waals surface area contributed by atoms with Gasteiger partial charge in [0.25, 0.3) is 0 Å². The van der Waals surface area contributed by atoms with Crippen molar-refractivity contribution in [3.05, 3.63) is 57.8 Å². The van der Waals surface area contributed by atoms with Crippen LogP contribution >= 0.6 is 11.3 Å². The van der Waals surface area contributed by atoms with Crippen LogP contribution in [0, 0.1) is 6.92 Å². The van der Waals surface area contributed by atoms with Gasteiger partial charge in [-0.3, -0.25) is 0 Å². The van der Waals surface area contributed by atoms with Crippen LogP contribution < -0.4 is 0 Å². The summed E-state index contributed by atoms with van der Waals surface area (Å²) >= 11 is 1.69. The zero-order valence-electron chi connectivity index (χ0n) is 11.3. The van der Waals surface area contributed by atoms with Gasteiger partial charge in [0.1, 0.15) is 0 Å². The average molecular weight is 272 g/mol. The lowest BCUT2D eigenvalue weighted by atomic mass is 9.73. The fraction of sp³-hybridized carbons (Fsp3) is 0.412. The highest BCUT2D eigenvalue weighted by molar-refractivity contribution is 7.10. The predicted octanol–water partition coefficient (Wildman–Crippen LogP) is 4.60. The van der Waals surface area contributed by atoms with Crippen LogP contribution in [0.2, 0.25) is 0 Å². The van der Waals surface area contributed by atoms with E-state index in [4.69, 9.17) is 0 Å². The van der Waals surface area contributed by atoms with Crippen LogP contribution in [0.3, 0.4) is 0 Å². The van der Waals surface area contributed by atoms with Gasteiger partial charge in [0.15, 0.2) is 0 Å². The van der Waals surface area contributed by atoms with Crippen molar-refractivity contribution in [2.45, 2.75) is 44.1 Å². The van der Waals surface area contributed by atoms with Crippen LogP contribution in [0.25, 0.3) is 0 Å². The highest BCUT2D eigenvalue weighted by atomic mass is 32.1. The van der Waals surface area contributed by atoms with Gasteiger partial charge in [-0.15, -0.1) is 11.3 Å². The molecular weight excluding hydrogens is 252 g/mol. The Morgan fingerprint density at radius 3 is 2.37 bits per heavy atom. The molecule has 1 aromatic carbocycles. The first kappa shape index (κ1) is 12.9. The average Bonchev–Trinajstić information content (AvgIpc) is 3.08. The van der Waals surface area contributed by atoms with Crippen LogP contribution in [0.1, 0.15) is 47.8 Å². The van der Waals surface area contributed by atoms with E-state index >= 15 is 0 Å². The van der Waals surface area contributed by atoms with Crippen molar-refractivity contribution in [3.8, 4) is 0 Å². The smallest absolute Gasteiger partial charge is 0.0980 e. The Bertz CT molecular complexity index is 537. The number of aliphatic hydroxyl groups is 1. The highest BCUT2D eigenvalue weighted by Crippen LogP contribution is 2.50. The van der Waals surface area contributed by atoms with Gasteiger partial charge in [0, 0.05) is 10.3 Å². The SMILES string of the molecule is Cc1ccsc1C(O)C1(c2ccccc2)CCCC1. The first-order valence-corrected chi connectivity index (χ1v) is 7.89. The number of aryl methyl sites for hydroxylation is 1. The number of hydrogen-bond acceptors (Lipinski definition) is 2. The molecule has 0 radical (unpaired) electrons. The minimum atomic E-state index is -0.364. The van der Waals surface area contributed by atoms with Crippen LogP contribution in [0.15, 0.2) is 41.8 Å². The molecule has 1 fully saturated rings. The molecule has 1 atom stereocenters. The third-order valence-electron chi connectivity index (χ3n) is 4.52. The van der Waals surface area contributed by atoms with E-state index in [9.17, 15) is 5.11 Å². The zero-order chi connectivity index (χ0) is 13.3. The van der Waals surface area contributed by atoms with Gasteiger partial charge in [-0.05, 0) is 42.3 Å². The fourth-order valence-electron chi connectivity index (χ4n) is 3.41. The Kier molecular flexibility index (Phi) is 3.46. The molecule has 0 bridgehead atoms.